The van der Waals surface area contributed by atoms with Crippen molar-refractivity contribution in [1.82, 2.24) is 14.6 Å². The maximum atomic E-state index is 11.3. The first-order chi connectivity index (χ1) is 9.97. The number of anilines is 1. The fourth-order valence-corrected chi connectivity index (χ4v) is 2.63. The topological polar surface area (TPSA) is 93.5 Å². The molecule has 0 fully saturated rings. The molecule has 0 unspecified atom stereocenters. The fourth-order valence-electron chi connectivity index (χ4n) is 2.22. The number of aryl methyl sites for hydroxylation is 1. The summed E-state index contributed by atoms with van der Waals surface area (Å²) in [6.45, 7) is 1.71. The van der Waals surface area contributed by atoms with Crippen LogP contribution in [0.25, 0.3) is 16.8 Å². The third-order valence-corrected chi connectivity index (χ3v) is 3.62. The fraction of sp³-hybridized carbons (Fsp3) is 0.0714. The monoisotopic (exact) mass is 302 g/mol. The SMILES string of the molecule is Cc1ccc(-c2ccn3nc(N)nc3c2)c(Cl)c1C(=O)O. The number of aromatic nitrogens is 3. The van der Waals surface area contributed by atoms with Gasteiger partial charge in [0.1, 0.15) is 0 Å². The number of nitrogens with zero attached hydrogens (tertiary/aromatic N) is 3. The summed E-state index contributed by atoms with van der Waals surface area (Å²) in [4.78, 5) is 15.4. The summed E-state index contributed by atoms with van der Waals surface area (Å²) in [5.41, 5.74) is 8.22. The van der Waals surface area contributed by atoms with Gasteiger partial charge < -0.3 is 10.8 Å². The lowest BCUT2D eigenvalue weighted by atomic mass is 10.00. The molecular formula is C14H11ClN4O2. The number of rotatable bonds is 2. The van der Waals surface area contributed by atoms with Crippen LogP contribution in [0.5, 0.6) is 0 Å². The minimum Gasteiger partial charge on any atom is -0.478 e. The summed E-state index contributed by atoms with van der Waals surface area (Å²) in [7, 11) is 0. The summed E-state index contributed by atoms with van der Waals surface area (Å²) in [5.74, 6) is -0.875. The molecule has 7 heteroatoms. The van der Waals surface area contributed by atoms with Crippen molar-refractivity contribution in [2.45, 2.75) is 6.92 Å². The molecule has 106 valence electrons. The van der Waals surface area contributed by atoms with E-state index in [4.69, 9.17) is 17.3 Å². The van der Waals surface area contributed by atoms with Gasteiger partial charge >= 0.3 is 5.97 Å². The Labute approximate surface area is 124 Å². The number of carboxylic acids is 1. The molecule has 0 atom stereocenters. The predicted octanol–water partition coefficient (Wildman–Crippen LogP) is 2.64. The Bertz CT molecular complexity index is 873. The molecule has 0 aliphatic rings. The quantitative estimate of drug-likeness (QED) is 0.759. The Morgan fingerprint density at radius 2 is 2.14 bits per heavy atom. The van der Waals surface area contributed by atoms with Gasteiger partial charge in [-0.05, 0) is 30.2 Å². The Hall–Kier alpha value is -2.60. The van der Waals surface area contributed by atoms with Crippen LogP contribution in [0.2, 0.25) is 5.02 Å². The van der Waals surface area contributed by atoms with Gasteiger partial charge in [-0.3, -0.25) is 0 Å². The van der Waals surface area contributed by atoms with Gasteiger partial charge in [0.15, 0.2) is 5.65 Å². The van der Waals surface area contributed by atoms with Crippen LogP contribution in [0, 0.1) is 6.92 Å². The van der Waals surface area contributed by atoms with Crippen molar-refractivity contribution in [3.05, 3.63) is 46.6 Å². The molecule has 21 heavy (non-hydrogen) atoms. The van der Waals surface area contributed by atoms with Crippen LogP contribution in [0.4, 0.5) is 5.95 Å². The van der Waals surface area contributed by atoms with Gasteiger partial charge in [0.05, 0.1) is 10.6 Å². The predicted molar refractivity (Wildman–Crippen MR) is 79.5 cm³/mol. The van der Waals surface area contributed by atoms with Crippen molar-refractivity contribution >= 4 is 29.2 Å². The summed E-state index contributed by atoms with van der Waals surface area (Å²) in [6, 6.07) is 7.05. The van der Waals surface area contributed by atoms with E-state index < -0.39 is 5.97 Å². The van der Waals surface area contributed by atoms with E-state index in [0.29, 0.717) is 16.8 Å². The van der Waals surface area contributed by atoms with Crippen molar-refractivity contribution in [1.29, 1.82) is 0 Å². The van der Waals surface area contributed by atoms with Crippen molar-refractivity contribution < 1.29 is 9.90 Å². The third-order valence-electron chi connectivity index (χ3n) is 3.23. The molecule has 0 aliphatic carbocycles. The van der Waals surface area contributed by atoms with Gasteiger partial charge in [0.2, 0.25) is 5.95 Å². The van der Waals surface area contributed by atoms with Crippen LogP contribution in [-0.4, -0.2) is 25.7 Å². The number of nitrogen functional groups attached to an aromatic ring is 1. The highest BCUT2D eigenvalue weighted by Gasteiger charge is 2.17. The Kier molecular flexibility index (Phi) is 3.03. The molecule has 0 aliphatic heterocycles. The molecule has 2 heterocycles. The van der Waals surface area contributed by atoms with Gasteiger partial charge in [-0.15, -0.1) is 5.10 Å². The molecule has 3 aromatic rings. The number of aromatic carboxylic acids is 1. The van der Waals surface area contributed by atoms with Crippen molar-refractivity contribution in [2.24, 2.45) is 0 Å². The summed E-state index contributed by atoms with van der Waals surface area (Å²) in [5, 5.41) is 13.5. The highest BCUT2D eigenvalue weighted by Crippen LogP contribution is 2.33. The lowest BCUT2D eigenvalue weighted by molar-refractivity contribution is 0.0696. The number of hydrogen-bond donors (Lipinski definition) is 2. The molecule has 0 bridgehead atoms. The number of pyridine rings is 1. The third kappa shape index (κ3) is 2.19. The normalized spacial score (nSPS) is 11.0. The van der Waals surface area contributed by atoms with Gasteiger partial charge in [-0.2, -0.15) is 4.98 Å². The smallest absolute Gasteiger partial charge is 0.337 e. The van der Waals surface area contributed by atoms with Crippen molar-refractivity contribution in [3.8, 4) is 11.1 Å². The lowest BCUT2D eigenvalue weighted by Crippen LogP contribution is -2.02. The number of nitrogens with two attached hydrogens (primary N) is 1. The molecule has 2 aromatic heterocycles. The number of carboxylic acid groups (broad SMARTS) is 1. The second-order valence-corrected chi connectivity index (χ2v) is 4.99. The molecule has 0 amide bonds. The van der Waals surface area contributed by atoms with E-state index in [9.17, 15) is 9.90 Å². The van der Waals surface area contributed by atoms with Gasteiger partial charge in [-0.1, -0.05) is 23.7 Å². The average molecular weight is 303 g/mol. The van der Waals surface area contributed by atoms with E-state index in [1.165, 1.54) is 0 Å². The standard InChI is InChI=1S/C14H11ClN4O2/c1-7-2-3-9(12(15)11(7)13(20)21)8-4-5-19-10(6-8)17-14(16)18-19/h2-6H,1H3,(H2,16,18)(H,20,21). The second kappa shape index (κ2) is 4.75. The van der Waals surface area contributed by atoms with E-state index in [2.05, 4.69) is 10.1 Å². The lowest BCUT2D eigenvalue weighted by Gasteiger charge is -2.10. The Morgan fingerprint density at radius 3 is 2.86 bits per heavy atom. The number of carbonyl (C=O) groups is 1. The second-order valence-electron chi connectivity index (χ2n) is 4.61. The van der Waals surface area contributed by atoms with E-state index >= 15 is 0 Å². The molecule has 3 rings (SSSR count). The van der Waals surface area contributed by atoms with Gasteiger partial charge in [-0.25, -0.2) is 9.31 Å². The van der Waals surface area contributed by atoms with Crippen LogP contribution in [0.1, 0.15) is 15.9 Å². The minimum atomic E-state index is -1.05. The number of hydrogen-bond acceptors (Lipinski definition) is 4. The zero-order chi connectivity index (χ0) is 15.1. The molecule has 0 radical (unpaired) electrons. The summed E-state index contributed by atoms with van der Waals surface area (Å²) in [6.07, 6.45) is 1.70. The Morgan fingerprint density at radius 1 is 1.38 bits per heavy atom. The zero-order valence-electron chi connectivity index (χ0n) is 11.0. The zero-order valence-corrected chi connectivity index (χ0v) is 11.8. The van der Waals surface area contributed by atoms with E-state index in [1.54, 1.807) is 41.9 Å². The molecule has 0 saturated carbocycles. The number of benzene rings is 1. The van der Waals surface area contributed by atoms with E-state index in [-0.39, 0.29) is 16.5 Å². The molecule has 6 nitrogen and oxygen atoms in total. The average Bonchev–Trinajstić information content (AvgIpc) is 2.77. The highest BCUT2D eigenvalue weighted by molar-refractivity contribution is 6.36. The summed E-state index contributed by atoms with van der Waals surface area (Å²) < 4.78 is 1.54. The van der Waals surface area contributed by atoms with E-state index in [1.807, 2.05) is 0 Å². The van der Waals surface area contributed by atoms with E-state index in [0.717, 1.165) is 5.56 Å². The molecule has 1 aromatic carbocycles. The molecule has 3 N–H and O–H groups in total. The highest BCUT2D eigenvalue weighted by atomic mass is 35.5. The van der Waals surface area contributed by atoms with Crippen LogP contribution in [-0.2, 0) is 0 Å². The van der Waals surface area contributed by atoms with Gasteiger partial charge in [0, 0.05) is 11.8 Å². The molecule has 0 spiro atoms. The molecule has 0 saturated heterocycles. The van der Waals surface area contributed by atoms with Crippen molar-refractivity contribution in [3.63, 3.8) is 0 Å². The number of halogens is 1. The van der Waals surface area contributed by atoms with Crippen LogP contribution in [0.15, 0.2) is 30.5 Å². The first-order valence-electron chi connectivity index (χ1n) is 6.12. The van der Waals surface area contributed by atoms with Crippen LogP contribution in [0.3, 0.4) is 0 Å². The summed E-state index contributed by atoms with van der Waals surface area (Å²) >= 11 is 6.25. The first-order valence-corrected chi connectivity index (χ1v) is 6.50. The largest absolute Gasteiger partial charge is 0.478 e. The minimum absolute atomic E-state index is 0.107. The van der Waals surface area contributed by atoms with Gasteiger partial charge in [0.25, 0.3) is 0 Å². The maximum absolute atomic E-state index is 11.3. The van der Waals surface area contributed by atoms with Crippen molar-refractivity contribution in [2.75, 3.05) is 5.73 Å². The van der Waals surface area contributed by atoms with Crippen LogP contribution < -0.4 is 5.73 Å². The maximum Gasteiger partial charge on any atom is 0.337 e. The Balaban J connectivity index is 2.22. The first kappa shape index (κ1) is 13.4. The van der Waals surface area contributed by atoms with Crippen LogP contribution >= 0.6 is 11.6 Å². The number of fused-ring (bicyclic) bond motifs is 1. The molecular weight excluding hydrogens is 292 g/mol.